The van der Waals surface area contributed by atoms with Gasteiger partial charge < -0.3 is 10.2 Å². The quantitative estimate of drug-likeness (QED) is 0.789. The highest BCUT2D eigenvalue weighted by atomic mass is 32.2. The highest BCUT2D eigenvalue weighted by Crippen LogP contribution is 2.32. The Morgan fingerprint density at radius 2 is 2.12 bits per heavy atom. The Balaban J connectivity index is 2.54. The van der Waals surface area contributed by atoms with Crippen LogP contribution in [0.3, 0.4) is 0 Å². The van der Waals surface area contributed by atoms with E-state index in [2.05, 4.69) is 56.7 Å². The maximum absolute atomic E-state index is 3.37. The molecule has 2 nitrogen and oxygen atoms in total. The molecular weight excluding hydrogens is 228 g/mol. The van der Waals surface area contributed by atoms with E-state index < -0.39 is 0 Å². The highest BCUT2D eigenvalue weighted by Gasteiger charge is 2.32. The van der Waals surface area contributed by atoms with Gasteiger partial charge >= 0.3 is 0 Å². The largest absolute Gasteiger partial charge is 0.319 e. The molecule has 0 radical (unpaired) electrons. The lowest BCUT2D eigenvalue weighted by molar-refractivity contribution is 0.146. The second-order valence-corrected chi connectivity index (χ2v) is 8.21. The summed E-state index contributed by atoms with van der Waals surface area (Å²) in [7, 11) is 2.07. The Bertz CT molecular complexity index is 222. The predicted molar refractivity (Wildman–Crippen MR) is 79.9 cm³/mol. The fourth-order valence-corrected chi connectivity index (χ4v) is 4.22. The first-order valence-electron chi connectivity index (χ1n) is 6.92. The summed E-state index contributed by atoms with van der Waals surface area (Å²) >= 11 is 2.12. The van der Waals surface area contributed by atoms with E-state index in [1.807, 2.05) is 0 Å². The van der Waals surface area contributed by atoms with Gasteiger partial charge in [-0.05, 0) is 32.7 Å². The van der Waals surface area contributed by atoms with E-state index in [9.17, 15) is 0 Å². The van der Waals surface area contributed by atoms with Gasteiger partial charge in [-0.15, -0.1) is 0 Å². The van der Waals surface area contributed by atoms with Gasteiger partial charge in [0.15, 0.2) is 0 Å². The molecular formula is C14H30N2S. The lowest BCUT2D eigenvalue weighted by Gasteiger charge is -2.42. The summed E-state index contributed by atoms with van der Waals surface area (Å²) in [5, 5.41) is 3.37. The third kappa shape index (κ3) is 5.19. The molecule has 1 heterocycles. The molecule has 1 rings (SSSR count). The first-order valence-corrected chi connectivity index (χ1v) is 7.90. The Kier molecular flexibility index (Phi) is 5.81. The topological polar surface area (TPSA) is 15.3 Å². The van der Waals surface area contributed by atoms with Crippen molar-refractivity contribution in [2.24, 2.45) is 5.41 Å². The number of hydrogen-bond acceptors (Lipinski definition) is 3. The van der Waals surface area contributed by atoms with Gasteiger partial charge in [-0.1, -0.05) is 20.3 Å². The van der Waals surface area contributed by atoms with Crippen molar-refractivity contribution < 1.29 is 0 Å². The first-order chi connectivity index (χ1) is 7.91. The van der Waals surface area contributed by atoms with Gasteiger partial charge in [0.2, 0.25) is 0 Å². The number of nitrogens with zero attached hydrogens (tertiary/aromatic N) is 1. The van der Waals surface area contributed by atoms with Gasteiger partial charge in [-0.2, -0.15) is 11.8 Å². The van der Waals surface area contributed by atoms with Crippen LogP contribution in [-0.4, -0.2) is 48.6 Å². The molecule has 0 aliphatic carbocycles. The molecule has 0 aromatic rings. The van der Waals surface area contributed by atoms with E-state index in [0.29, 0.717) is 10.2 Å². The molecule has 1 unspecified atom stereocenters. The molecule has 1 atom stereocenters. The summed E-state index contributed by atoms with van der Waals surface area (Å²) in [6.07, 6.45) is 2.60. The number of rotatable bonds is 6. The lowest BCUT2D eigenvalue weighted by Crippen LogP contribution is -2.49. The Labute approximate surface area is 112 Å². The Morgan fingerprint density at radius 3 is 2.65 bits per heavy atom. The molecule has 1 aliphatic rings. The Hall–Kier alpha value is 0.270. The standard InChI is InChI=1S/C14H30N2S/c1-6-7-14(4,10-15-5)12-16-8-9-17-13(2,3)11-16/h15H,6-12H2,1-5H3. The smallest absolute Gasteiger partial charge is 0.0231 e. The number of nitrogens with one attached hydrogen (secondary N) is 1. The van der Waals surface area contributed by atoms with E-state index >= 15 is 0 Å². The van der Waals surface area contributed by atoms with Crippen molar-refractivity contribution in [3.8, 4) is 0 Å². The van der Waals surface area contributed by atoms with E-state index in [-0.39, 0.29) is 0 Å². The molecule has 0 bridgehead atoms. The van der Waals surface area contributed by atoms with Crippen LogP contribution >= 0.6 is 11.8 Å². The van der Waals surface area contributed by atoms with Crippen molar-refractivity contribution in [1.29, 1.82) is 0 Å². The number of thioether (sulfide) groups is 1. The normalized spacial score (nSPS) is 24.5. The summed E-state index contributed by atoms with van der Waals surface area (Å²) in [4.78, 5) is 2.67. The Morgan fingerprint density at radius 1 is 1.41 bits per heavy atom. The summed E-state index contributed by atoms with van der Waals surface area (Å²) in [5.74, 6) is 1.29. The number of hydrogen-bond donors (Lipinski definition) is 1. The molecule has 0 aromatic carbocycles. The minimum Gasteiger partial charge on any atom is -0.319 e. The first kappa shape index (κ1) is 15.3. The average Bonchev–Trinajstić information content (AvgIpc) is 2.15. The third-order valence-corrected chi connectivity index (χ3v) is 4.86. The van der Waals surface area contributed by atoms with Crippen molar-refractivity contribution in [3.05, 3.63) is 0 Å². The zero-order chi connectivity index (χ0) is 12.9. The molecule has 102 valence electrons. The second kappa shape index (κ2) is 6.44. The van der Waals surface area contributed by atoms with Crippen LogP contribution in [0.25, 0.3) is 0 Å². The van der Waals surface area contributed by atoms with Crippen LogP contribution < -0.4 is 5.32 Å². The zero-order valence-corrected chi connectivity index (χ0v) is 13.1. The molecule has 0 amide bonds. The molecule has 0 saturated carbocycles. The minimum absolute atomic E-state index is 0.432. The van der Waals surface area contributed by atoms with Gasteiger partial charge in [0, 0.05) is 36.7 Å². The van der Waals surface area contributed by atoms with E-state index in [0.717, 1.165) is 6.54 Å². The summed E-state index contributed by atoms with van der Waals surface area (Å²) < 4.78 is 0.436. The van der Waals surface area contributed by atoms with Crippen LogP contribution in [-0.2, 0) is 0 Å². The summed E-state index contributed by atoms with van der Waals surface area (Å²) in [5.41, 5.74) is 0.432. The molecule has 1 aliphatic heterocycles. The van der Waals surface area contributed by atoms with Crippen LogP contribution in [0.15, 0.2) is 0 Å². The van der Waals surface area contributed by atoms with Crippen molar-refractivity contribution in [1.82, 2.24) is 10.2 Å². The molecule has 3 heteroatoms. The molecule has 1 N–H and O–H groups in total. The second-order valence-electron chi connectivity index (χ2n) is 6.41. The van der Waals surface area contributed by atoms with Gasteiger partial charge in [-0.25, -0.2) is 0 Å². The van der Waals surface area contributed by atoms with E-state index in [1.54, 1.807) is 0 Å². The monoisotopic (exact) mass is 258 g/mol. The van der Waals surface area contributed by atoms with Crippen LogP contribution in [0.4, 0.5) is 0 Å². The van der Waals surface area contributed by atoms with Gasteiger partial charge in [-0.3, -0.25) is 0 Å². The van der Waals surface area contributed by atoms with Gasteiger partial charge in [0.1, 0.15) is 0 Å². The van der Waals surface area contributed by atoms with Crippen molar-refractivity contribution in [2.45, 2.75) is 45.3 Å². The fraction of sp³-hybridized carbons (Fsp3) is 1.00. The highest BCUT2D eigenvalue weighted by molar-refractivity contribution is 8.00. The molecule has 1 saturated heterocycles. The minimum atomic E-state index is 0.432. The summed E-state index contributed by atoms with van der Waals surface area (Å²) in [6, 6.07) is 0. The van der Waals surface area contributed by atoms with Crippen molar-refractivity contribution in [2.75, 3.05) is 39.0 Å². The molecule has 17 heavy (non-hydrogen) atoms. The SMILES string of the molecule is CCCC(C)(CNC)CN1CCSC(C)(C)C1. The third-order valence-electron chi connectivity index (χ3n) is 3.57. The van der Waals surface area contributed by atoms with Crippen molar-refractivity contribution in [3.63, 3.8) is 0 Å². The maximum Gasteiger partial charge on any atom is 0.0231 e. The molecule has 1 fully saturated rings. The van der Waals surface area contributed by atoms with Crippen LogP contribution in [0.5, 0.6) is 0 Å². The van der Waals surface area contributed by atoms with Crippen LogP contribution in [0.1, 0.15) is 40.5 Å². The van der Waals surface area contributed by atoms with E-state index in [4.69, 9.17) is 0 Å². The molecule has 0 spiro atoms. The lowest BCUT2D eigenvalue weighted by atomic mass is 9.84. The molecule has 0 aromatic heterocycles. The van der Waals surface area contributed by atoms with Gasteiger partial charge in [0.25, 0.3) is 0 Å². The van der Waals surface area contributed by atoms with Crippen LogP contribution in [0, 0.1) is 5.41 Å². The summed E-state index contributed by atoms with van der Waals surface area (Å²) in [6.45, 7) is 14.3. The van der Waals surface area contributed by atoms with Crippen LogP contribution in [0.2, 0.25) is 0 Å². The average molecular weight is 258 g/mol. The predicted octanol–water partition coefficient (Wildman–Crippen LogP) is 2.84. The van der Waals surface area contributed by atoms with Crippen molar-refractivity contribution >= 4 is 11.8 Å². The van der Waals surface area contributed by atoms with Gasteiger partial charge in [0.05, 0.1) is 0 Å². The maximum atomic E-state index is 3.37. The fourth-order valence-electron chi connectivity index (χ4n) is 3.04. The zero-order valence-electron chi connectivity index (χ0n) is 12.3. The van der Waals surface area contributed by atoms with E-state index in [1.165, 1.54) is 38.2 Å².